The number of methoxy groups -OCH3 is 1. The highest BCUT2D eigenvalue weighted by molar-refractivity contribution is 5.85. The van der Waals surface area contributed by atoms with E-state index in [0.717, 1.165) is 6.42 Å². The molecular formula is C9H17NO4. The molecule has 1 amide bonds. The van der Waals surface area contributed by atoms with Crippen LogP contribution in [0.4, 0.5) is 0 Å². The van der Waals surface area contributed by atoms with E-state index in [0.29, 0.717) is 0 Å². The highest BCUT2D eigenvalue weighted by Gasteiger charge is 2.26. The van der Waals surface area contributed by atoms with Crippen LogP contribution in [0.25, 0.3) is 0 Å². The predicted molar refractivity (Wildman–Crippen MR) is 50.5 cm³/mol. The first kappa shape index (κ1) is 12.9. The summed E-state index contributed by atoms with van der Waals surface area (Å²) in [5.74, 6) is -1.07. The molecule has 0 aromatic carbocycles. The molecule has 0 rings (SSSR count). The van der Waals surface area contributed by atoms with E-state index in [4.69, 9.17) is 5.11 Å². The molecule has 2 atom stereocenters. The van der Waals surface area contributed by atoms with E-state index in [1.807, 2.05) is 13.8 Å². The minimum Gasteiger partial charge on any atom is -0.467 e. The number of nitrogens with one attached hydrogen (secondary N) is 1. The molecule has 0 heterocycles. The fourth-order valence-electron chi connectivity index (χ4n) is 1.02. The van der Waals surface area contributed by atoms with Gasteiger partial charge >= 0.3 is 5.97 Å². The quantitative estimate of drug-likeness (QED) is 0.601. The van der Waals surface area contributed by atoms with Crippen molar-refractivity contribution in [2.24, 2.45) is 5.92 Å². The molecule has 0 fully saturated rings. The van der Waals surface area contributed by atoms with Gasteiger partial charge in [0.25, 0.3) is 0 Å². The second kappa shape index (κ2) is 6.37. The molecule has 5 nitrogen and oxygen atoms in total. The van der Waals surface area contributed by atoms with Crippen LogP contribution in [0, 0.1) is 5.92 Å². The summed E-state index contributed by atoms with van der Waals surface area (Å²) in [4.78, 5) is 22.1. The molecule has 5 heteroatoms. The van der Waals surface area contributed by atoms with Crippen molar-refractivity contribution in [2.45, 2.75) is 26.3 Å². The fourth-order valence-corrected chi connectivity index (χ4v) is 1.02. The summed E-state index contributed by atoms with van der Waals surface area (Å²) in [7, 11) is 1.27. The Bertz CT molecular complexity index is 205. The van der Waals surface area contributed by atoms with Crippen LogP contribution in [0.1, 0.15) is 20.3 Å². The van der Waals surface area contributed by atoms with Crippen LogP contribution in [-0.4, -0.2) is 36.7 Å². The summed E-state index contributed by atoms with van der Waals surface area (Å²) in [6.07, 6.45) is 0.742. The Morgan fingerprint density at radius 1 is 1.50 bits per heavy atom. The molecule has 0 aliphatic rings. The van der Waals surface area contributed by atoms with Gasteiger partial charge in [-0.15, -0.1) is 0 Å². The van der Waals surface area contributed by atoms with Gasteiger partial charge in [-0.1, -0.05) is 20.3 Å². The van der Waals surface area contributed by atoms with Gasteiger partial charge in [-0.05, 0) is 5.92 Å². The molecule has 0 radical (unpaired) electrons. The number of aliphatic hydroxyl groups excluding tert-OH is 1. The molecule has 0 aromatic heterocycles. The zero-order valence-electron chi connectivity index (χ0n) is 8.74. The van der Waals surface area contributed by atoms with Crippen LogP contribution in [0.15, 0.2) is 0 Å². The van der Waals surface area contributed by atoms with Gasteiger partial charge < -0.3 is 15.2 Å². The maximum Gasteiger partial charge on any atom is 0.328 e. The van der Waals surface area contributed by atoms with Crippen molar-refractivity contribution < 1.29 is 19.4 Å². The number of hydrogen-bond acceptors (Lipinski definition) is 4. The Balaban J connectivity index is 4.39. The van der Waals surface area contributed by atoms with Crippen molar-refractivity contribution >= 4 is 11.9 Å². The van der Waals surface area contributed by atoms with E-state index in [2.05, 4.69) is 10.1 Å². The molecule has 0 bridgehead atoms. The molecule has 0 aliphatic heterocycles. The summed E-state index contributed by atoms with van der Waals surface area (Å²) in [5.41, 5.74) is 0. The molecule has 14 heavy (non-hydrogen) atoms. The molecule has 0 aliphatic carbocycles. The summed E-state index contributed by atoms with van der Waals surface area (Å²) in [5, 5.41) is 10.9. The first-order valence-corrected chi connectivity index (χ1v) is 4.54. The number of amides is 1. The molecule has 0 saturated carbocycles. The number of esters is 1. The summed E-state index contributed by atoms with van der Waals surface area (Å²) in [6.45, 7) is 3.12. The first-order valence-electron chi connectivity index (χ1n) is 4.54. The van der Waals surface area contributed by atoms with Gasteiger partial charge in [0.15, 0.2) is 0 Å². The Morgan fingerprint density at radius 2 is 2.07 bits per heavy atom. The monoisotopic (exact) mass is 203 g/mol. The van der Waals surface area contributed by atoms with Crippen LogP contribution in [-0.2, 0) is 14.3 Å². The van der Waals surface area contributed by atoms with Crippen molar-refractivity contribution in [3.8, 4) is 0 Å². The van der Waals surface area contributed by atoms with Gasteiger partial charge in [0, 0.05) is 0 Å². The number of hydrogen-bond donors (Lipinski definition) is 2. The molecule has 0 spiro atoms. The smallest absolute Gasteiger partial charge is 0.328 e. The maximum absolute atomic E-state index is 11.2. The first-order chi connectivity index (χ1) is 6.56. The highest BCUT2D eigenvalue weighted by atomic mass is 16.5. The summed E-state index contributed by atoms with van der Waals surface area (Å²) < 4.78 is 4.55. The van der Waals surface area contributed by atoms with Crippen molar-refractivity contribution in [3.05, 3.63) is 0 Å². The van der Waals surface area contributed by atoms with Crippen molar-refractivity contribution in [1.29, 1.82) is 0 Å². The van der Waals surface area contributed by atoms with E-state index in [9.17, 15) is 9.59 Å². The SMILES string of the molecule is CC[C@H](C)[C@@H](NC(=O)CO)C(=O)OC. The Hall–Kier alpha value is -1.10. The number of carbonyl (C=O) groups excluding carboxylic acids is 2. The molecule has 0 aromatic rings. The van der Waals surface area contributed by atoms with E-state index >= 15 is 0 Å². The Kier molecular flexibility index (Phi) is 5.87. The highest BCUT2D eigenvalue weighted by Crippen LogP contribution is 2.08. The van der Waals surface area contributed by atoms with Crippen LogP contribution in [0.5, 0.6) is 0 Å². The topological polar surface area (TPSA) is 75.6 Å². The zero-order valence-corrected chi connectivity index (χ0v) is 8.74. The largest absolute Gasteiger partial charge is 0.467 e. The van der Waals surface area contributed by atoms with Gasteiger partial charge in [-0.2, -0.15) is 0 Å². The second-order valence-corrected chi connectivity index (χ2v) is 3.11. The van der Waals surface area contributed by atoms with Gasteiger partial charge in [-0.3, -0.25) is 4.79 Å². The number of ether oxygens (including phenoxy) is 1. The third-order valence-corrected chi connectivity index (χ3v) is 2.13. The minimum atomic E-state index is -0.676. The van der Waals surface area contributed by atoms with E-state index < -0.39 is 24.5 Å². The van der Waals surface area contributed by atoms with E-state index in [1.54, 1.807) is 0 Å². The van der Waals surface area contributed by atoms with Gasteiger partial charge in [0.2, 0.25) is 5.91 Å². The normalized spacial score (nSPS) is 14.3. The van der Waals surface area contributed by atoms with Crippen molar-refractivity contribution in [3.63, 3.8) is 0 Å². The van der Waals surface area contributed by atoms with Crippen LogP contribution >= 0.6 is 0 Å². The predicted octanol–water partition coefficient (Wildman–Crippen LogP) is -0.317. The standard InChI is InChI=1S/C9H17NO4/c1-4-6(2)8(9(13)14-3)10-7(12)5-11/h6,8,11H,4-5H2,1-3H3,(H,10,12)/t6-,8+/m0/s1. The summed E-state index contributed by atoms with van der Waals surface area (Å²) >= 11 is 0. The fraction of sp³-hybridized carbons (Fsp3) is 0.778. The van der Waals surface area contributed by atoms with Crippen LogP contribution in [0.2, 0.25) is 0 Å². The van der Waals surface area contributed by atoms with Crippen LogP contribution < -0.4 is 5.32 Å². The zero-order chi connectivity index (χ0) is 11.1. The average Bonchev–Trinajstić information content (AvgIpc) is 2.23. The second-order valence-electron chi connectivity index (χ2n) is 3.11. The molecule has 0 saturated heterocycles. The lowest BCUT2D eigenvalue weighted by atomic mass is 9.99. The number of aliphatic hydroxyl groups is 1. The number of carbonyl (C=O) groups is 2. The minimum absolute atomic E-state index is 0.0158. The van der Waals surface area contributed by atoms with Gasteiger partial charge in [0.05, 0.1) is 7.11 Å². The third-order valence-electron chi connectivity index (χ3n) is 2.13. The van der Waals surface area contributed by atoms with Crippen molar-refractivity contribution in [1.82, 2.24) is 5.32 Å². The number of rotatable bonds is 5. The molecule has 82 valence electrons. The third kappa shape index (κ3) is 3.74. The van der Waals surface area contributed by atoms with Crippen molar-refractivity contribution in [2.75, 3.05) is 13.7 Å². The van der Waals surface area contributed by atoms with E-state index in [1.165, 1.54) is 7.11 Å². The Labute approximate surface area is 83.4 Å². The van der Waals surface area contributed by atoms with E-state index in [-0.39, 0.29) is 5.92 Å². The average molecular weight is 203 g/mol. The lowest BCUT2D eigenvalue weighted by Gasteiger charge is -2.21. The molecule has 2 N–H and O–H groups in total. The van der Waals surface area contributed by atoms with Crippen LogP contribution in [0.3, 0.4) is 0 Å². The van der Waals surface area contributed by atoms with Gasteiger partial charge in [0.1, 0.15) is 12.6 Å². The molecule has 0 unspecified atom stereocenters. The molecular weight excluding hydrogens is 186 g/mol. The lowest BCUT2D eigenvalue weighted by molar-refractivity contribution is -0.146. The maximum atomic E-state index is 11.2. The lowest BCUT2D eigenvalue weighted by Crippen LogP contribution is -2.46. The Morgan fingerprint density at radius 3 is 2.43 bits per heavy atom. The summed E-state index contributed by atoms with van der Waals surface area (Å²) in [6, 6.07) is -0.676. The van der Waals surface area contributed by atoms with Gasteiger partial charge in [-0.25, -0.2) is 4.79 Å².